The third kappa shape index (κ3) is 23.5. The molecule has 1 unspecified atom stereocenters. The maximum atomic E-state index is 14.7. The largest absolute Gasteiger partial charge is 0.352 e. The standard InChI is InChI=1S/C48H93N3O2/c1-5-8-11-14-15-16-17-18-19-20-21-22-23-26-32-37-47(52)51(45(35-30-24-12-9-6-2)36-31-25-13-10-7-3)46(42-43-38-40-50(4)41-39-43)48(53)49-44-33-28-27-29-34-44/h43-46H,5-42H2,1-4H3,(H,49,53). The molecule has 53 heavy (non-hydrogen) atoms. The van der Waals surface area contributed by atoms with Gasteiger partial charge >= 0.3 is 0 Å². The molecule has 2 fully saturated rings. The molecule has 2 aliphatic rings. The molecule has 1 heterocycles. The van der Waals surface area contributed by atoms with E-state index in [1.54, 1.807) is 0 Å². The van der Waals surface area contributed by atoms with E-state index in [-0.39, 0.29) is 29.9 Å². The molecule has 5 heteroatoms. The Bertz CT molecular complexity index is 836. The maximum absolute atomic E-state index is 14.7. The maximum Gasteiger partial charge on any atom is 0.243 e. The van der Waals surface area contributed by atoms with Crippen molar-refractivity contribution in [3.05, 3.63) is 0 Å². The molecule has 0 aromatic rings. The average Bonchev–Trinajstić information content (AvgIpc) is 3.16. The van der Waals surface area contributed by atoms with E-state index in [9.17, 15) is 9.59 Å². The molecule has 1 aliphatic heterocycles. The summed E-state index contributed by atoms with van der Waals surface area (Å²) in [6.07, 6.45) is 44.3. The van der Waals surface area contributed by atoms with Crippen molar-refractivity contribution in [2.75, 3.05) is 20.1 Å². The number of nitrogens with zero attached hydrogens (tertiary/aromatic N) is 2. The molecule has 312 valence electrons. The fraction of sp³-hybridized carbons (Fsp3) is 0.958. The number of nitrogens with one attached hydrogen (secondary N) is 1. The van der Waals surface area contributed by atoms with Gasteiger partial charge in [0, 0.05) is 18.5 Å². The van der Waals surface area contributed by atoms with Gasteiger partial charge in [0.15, 0.2) is 0 Å². The first-order valence-corrected chi connectivity index (χ1v) is 24.3. The van der Waals surface area contributed by atoms with Crippen LogP contribution < -0.4 is 5.32 Å². The van der Waals surface area contributed by atoms with Crippen molar-refractivity contribution in [2.45, 2.75) is 270 Å². The van der Waals surface area contributed by atoms with Crippen molar-refractivity contribution in [1.82, 2.24) is 15.1 Å². The van der Waals surface area contributed by atoms with E-state index in [2.05, 4.69) is 42.9 Å². The highest BCUT2D eigenvalue weighted by atomic mass is 16.2. The summed E-state index contributed by atoms with van der Waals surface area (Å²) < 4.78 is 0. The molecular formula is C48H93N3O2. The van der Waals surface area contributed by atoms with Gasteiger partial charge in [-0.15, -0.1) is 0 Å². The molecule has 0 aromatic carbocycles. The number of carbonyl (C=O) groups excluding carboxylic acids is 2. The van der Waals surface area contributed by atoms with Gasteiger partial charge in [-0.1, -0.05) is 194 Å². The lowest BCUT2D eigenvalue weighted by atomic mass is 9.87. The highest BCUT2D eigenvalue weighted by Crippen LogP contribution is 2.30. The molecule has 0 radical (unpaired) electrons. The summed E-state index contributed by atoms with van der Waals surface area (Å²) in [5, 5.41) is 3.55. The molecule has 5 nitrogen and oxygen atoms in total. The lowest BCUT2D eigenvalue weighted by molar-refractivity contribution is -0.145. The van der Waals surface area contributed by atoms with E-state index in [0.717, 1.165) is 70.9 Å². The summed E-state index contributed by atoms with van der Waals surface area (Å²) in [5.74, 6) is 0.968. The first-order chi connectivity index (χ1) is 26.0. The van der Waals surface area contributed by atoms with Gasteiger partial charge in [-0.3, -0.25) is 9.59 Å². The fourth-order valence-electron chi connectivity index (χ4n) is 9.30. The average molecular weight is 744 g/mol. The van der Waals surface area contributed by atoms with Crippen molar-refractivity contribution in [1.29, 1.82) is 0 Å². The fourth-order valence-corrected chi connectivity index (χ4v) is 9.30. The summed E-state index contributed by atoms with van der Waals surface area (Å²) in [6.45, 7) is 9.08. The highest BCUT2D eigenvalue weighted by Gasteiger charge is 2.37. The number of rotatable bonds is 34. The van der Waals surface area contributed by atoms with Gasteiger partial charge in [-0.2, -0.15) is 0 Å². The van der Waals surface area contributed by atoms with Gasteiger partial charge < -0.3 is 15.1 Å². The third-order valence-corrected chi connectivity index (χ3v) is 12.9. The predicted molar refractivity (Wildman–Crippen MR) is 231 cm³/mol. The number of piperidine rings is 1. The van der Waals surface area contributed by atoms with E-state index < -0.39 is 0 Å². The monoisotopic (exact) mass is 744 g/mol. The van der Waals surface area contributed by atoms with Gasteiger partial charge in [-0.25, -0.2) is 0 Å². The zero-order valence-corrected chi connectivity index (χ0v) is 36.4. The second kappa shape index (κ2) is 33.1. The Morgan fingerprint density at radius 1 is 0.566 bits per heavy atom. The van der Waals surface area contributed by atoms with Crippen LogP contribution in [0.2, 0.25) is 0 Å². The minimum Gasteiger partial charge on any atom is -0.352 e. The molecule has 1 saturated carbocycles. The Hall–Kier alpha value is -1.10. The van der Waals surface area contributed by atoms with Crippen molar-refractivity contribution in [3.63, 3.8) is 0 Å². The molecule has 0 aromatic heterocycles. The van der Waals surface area contributed by atoms with Gasteiger partial charge in [0.05, 0.1) is 0 Å². The third-order valence-electron chi connectivity index (χ3n) is 12.9. The van der Waals surface area contributed by atoms with Crippen LogP contribution in [0.25, 0.3) is 0 Å². The first kappa shape index (κ1) is 48.0. The molecule has 1 aliphatic carbocycles. The van der Waals surface area contributed by atoms with Gasteiger partial charge in [0.2, 0.25) is 11.8 Å². The van der Waals surface area contributed by atoms with Crippen molar-refractivity contribution < 1.29 is 9.59 Å². The number of amides is 2. The van der Waals surface area contributed by atoms with Crippen LogP contribution in [-0.2, 0) is 9.59 Å². The second-order valence-electron chi connectivity index (χ2n) is 17.9. The molecule has 0 bridgehead atoms. The number of carbonyl (C=O) groups is 2. The Morgan fingerprint density at radius 3 is 1.43 bits per heavy atom. The Labute approximate surface area is 331 Å². The molecule has 1 atom stereocenters. The van der Waals surface area contributed by atoms with Crippen molar-refractivity contribution >= 4 is 11.8 Å². The van der Waals surface area contributed by atoms with Crippen molar-refractivity contribution in [2.24, 2.45) is 5.92 Å². The lowest BCUT2D eigenvalue weighted by Crippen LogP contribution is -2.56. The smallest absolute Gasteiger partial charge is 0.243 e. The quantitative estimate of drug-likeness (QED) is 0.0668. The van der Waals surface area contributed by atoms with Crippen molar-refractivity contribution in [3.8, 4) is 0 Å². The Balaban J connectivity index is 2.06. The van der Waals surface area contributed by atoms with Crippen LogP contribution in [0.1, 0.15) is 252 Å². The molecule has 2 amide bonds. The van der Waals surface area contributed by atoms with E-state index in [1.807, 2.05) is 0 Å². The second-order valence-corrected chi connectivity index (χ2v) is 17.9. The Kier molecular flexibility index (Phi) is 30.0. The molecule has 0 spiro atoms. The normalized spacial score (nSPS) is 16.7. The van der Waals surface area contributed by atoms with E-state index in [4.69, 9.17) is 0 Å². The zero-order chi connectivity index (χ0) is 38.2. The lowest BCUT2D eigenvalue weighted by Gasteiger charge is -2.41. The minimum atomic E-state index is -0.314. The predicted octanol–water partition coefficient (Wildman–Crippen LogP) is 13.7. The van der Waals surface area contributed by atoms with Crippen LogP contribution in [0.15, 0.2) is 0 Å². The van der Waals surface area contributed by atoms with E-state index in [1.165, 1.54) is 167 Å². The summed E-state index contributed by atoms with van der Waals surface area (Å²) in [5.41, 5.74) is 0. The van der Waals surface area contributed by atoms with Crippen LogP contribution >= 0.6 is 0 Å². The number of hydrogen-bond donors (Lipinski definition) is 1. The van der Waals surface area contributed by atoms with Gasteiger partial charge in [0.25, 0.3) is 0 Å². The van der Waals surface area contributed by atoms with Crippen LogP contribution in [0.4, 0.5) is 0 Å². The van der Waals surface area contributed by atoms with Crippen LogP contribution in [0.5, 0.6) is 0 Å². The van der Waals surface area contributed by atoms with E-state index >= 15 is 0 Å². The Morgan fingerprint density at radius 2 is 0.981 bits per heavy atom. The number of hydrogen-bond acceptors (Lipinski definition) is 3. The van der Waals surface area contributed by atoms with E-state index in [0.29, 0.717) is 12.3 Å². The highest BCUT2D eigenvalue weighted by molar-refractivity contribution is 5.88. The molecular weight excluding hydrogens is 651 g/mol. The summed E-state index contributed by atoms with van der Waals surface area (Å²) in [6, 6.07) is 0.159. The molecule has 1 saturated heterocycles. The first-order valence-electron chi connectivity index (χ1n) is 24.3. The van der Waals surface area contributed by atoms with Crippen LogP contribution in [-0.4, -0.2) is 59.9 Å². The summed E-state index contributed by atoms with van der Waals surface area (Å²) in [4.78, 5) is 33.9. The SMILES string of the molecule is CCCCCCCCCCCCCCCCCC(=O)N(C(CCCCCCC)CCCCCCC)C(CC1CCN(C)CC1)C(=O)NC1CCCCC1. The summed E-state index contributed by atoms with van der Waals surface area (Å²) >= 11 is 0. The summed E-state index contributed by atoms with van der Waals surface area (Å²) in [7, 11) is 2.23. The molecule has 1 N–H and O–H groups in total. The topological polar surface area (TPSA) is 52.7 Å². The minimum absolute atomic E-state index is 0.169. The molecule has 2 rings (SSSR count). The van der Waals surface area contributed by atoms with Gasteiger partial charge in [-0.05, 0) is 77.4 Å². The zero-order valence-electron chi connectivity index (χ0n) is 36.4. The number of unbranched alkanes of at least 4 members (excludes halogenated alkanes) is 22. The van der Waals surface area contributed by atoms with Crippen LogP contribution in [0, 0.1) is 5.92 Å². The van der Waals surface area contributed by atoms with Gasteiger partial charge in [0.1, 0.15) is 6.04 Å². The number of likely N-dealkylation sites (tertiary alicyclic amines) is 1. The van der Waals surface area contributed by atoms with Crippen LogP contribution in [0.3, 0.4) is 0 Å².